The molecule has 0 fully saturated rings. The molecule has 1 aliphatic rings. The van der Waals surface area contributed by atoms with E-state index in [9.17, 15) is 17.2 Å². The Labute approximate surface area is 140 Å². The van der Waals surface area contributed by atoms with Gasteiger partial charge in [-0.3, -0.25) is 0 Å². The van der Waals surface area contributed by atoms with Crippen molar-refractivity contribution in [1.29, 1.82) is 0 Å². The van der Waals surface area contributed by atoms with Crippen LogP contribution in [0.3, 0.4) is 0 Å². The van der Waals surface area contributed by atoms with Gasteiger partial charge < -0.3 is 0 Å². The van der Waals surface area contributed by atoms with Crippen LogP contribution < -0.4 is 4.72 Å². The lowest BCUT2D eigenvalue weighted by Gasteiger charge is -2.14. The molecule has 0 unspecified atom stereocenters. The van der Waals surface area contributed by atoms with E-state index in [-0.39, 0.29) is 11.6 Å². The number of benzene rings is 1. The van der Waals surface area contributed by atoms with E-state index in [0.717, 1.165) is 17.2 Å². The molecule has 0 saturated carbocycles. The minimum Gasteiger partial charge on any atom is -0.212 e. The fourth-order valence-corrected chi connectivity index (χ4v) is 3.77. The van der Waals surface area contributed by atoms with Crippen molar-refractivity contribution < 1.29 is 17.2 Å². The zero-order valence-electron chi connectivity index (χ0n) is 13.4. The molecule has 128 valence electrons. The monoisotopic (exact) mass is 352 g/mol. The Morgan fingerprint density at radius 2 is 1.83 bits per heavy atom. The first-order valence-electron chi connectivity index (χ1n) is 7.71. The predicted octanol–water partition coefficient (Wildman–Crippen LogP) is 2.82. The van der Waals surface area contributed by atoms with Crippen molar-refractivity contribution in [3.8, 4) is 11.1 Å². The summed E-state index contributed by atoms with van der Waals surface area (Å²) < 4.78 is 53.5. The topological polar surface area (TPSA) is 59.1 Å². The largest absolute Gasteiger partial charge is 0.223 e. The maximum Gasteiger partial charge on any atom is 0.223 e. The number of fused-ring (bicyclic) bond motifs is 1. The minimum atomic E-state index is -3.33. The second-order valence-corrected chi connectivity index (χ2v) is 8.54. The van der Waals surface area contributed by atoms with Gasteiger partial charge in [0.2, 0.25) is 21.9 Å². The molecular formula is C17H18F2N2O2S. The van der Waals surface area contributed by atoms with Crippen molar-refractivity contribution in [2.45, 2.75) is 38.0 Å². The van der Waals surface area contributed by atoms with E-state index in [0.29, 0.717) is 18.4 Å². The predicted molar refractivity (Wildman–Crippen MR) is 88.0 cm³/mol. The van der Waals surface area contributed by atoms with Crippen molar-refractivity contribution >= 4 is 10.0 Å². The summed E-state index contributed by atoms with van der Waals surface area (Å²) in [6, 6.07) is 7.70. The number of nitrogens with zero attached hydrogens (tertiary/aromatic N) is 1. The Kier molecular flexibility index (Phi) is 4.40. The fourth-order valence-electron chi connectivity index (χ4n) is 2.86. The molecule has 0 radical (unpaired) electrons. The van der Waals surface area contributed by atoms with Crippen LogP contribution in [-0.2, 0) is 22.9 Å². The molecular weight excluding hydrogens is 334 g/mol. The lowest BCUT2D eigenvalue weighted by molar-refractivity contribution is 0.515. The summed E-state index contributed by atoms with van der Waals surface area (Å²) in [4.78, 5) is 3.20. The standard InChI is InChI=1S/C17H18F2N2O2S/c1-10(2)24(22,23)21-14-8-11-3-4-12(7-13(11)9-14)15-5-6-16(18)20-17(15)19/h3-7,10,14,21H,8-9H2,1-2H3/t14-/m0/s1. The maximum atomic E-state index is 13.8. The molecule has 24 heavy (non-hydrogen) atoms. The van der Waals surface area contributed by atoms with Crippen molar-refractivity contribution in [2.75, 3.05) is 0 Å². The molecule has 4 nitrogen and oxygen atoms in total. The zero-order chi connectivity index (χ0) is 17.5. The molecule has 7 heteroatoms. The molecule has 3 rings (SSSR count). The number of rotatable bonds is 4. The number of aromatic nitrogens is 1. The Bertz CT molecular complexity index is 882. The van der Waals surface area contributed by atoms with Gasteiger partial charge in [-0.2, -0.15) is 13.8 Å². The lowest BCUT2D eigenvalue weighted by atomic mass is 10.0. The molecule has 1 atom stereocenters. The van der Waals surface area contributed by atoms with Crippen molar-refractivity contribution in [1.82, 2.24) is 9.71 Å². The third-order valence-corrected chi connectivity index (χ3v) is 6.12. The molecule has 1 aromatic heterocycles. The number of sulfonamides is 1. The molecule has 0 bridgehead atoms. The van der Waals surface area contributed by atoms with Gasteiger partial charge in [0.15, 0.2) is 0 Å². The second-order valence-electron chi connectivity index (χ2n) is 6.27. The number of hydrogen-bond donors (Lipinski definition) is 1. The Morgan fingerprint density at radius 1 is 1.12 bits per heavy atom. The van der Waals surface area contributed by atoms with E-state index in [4.69, 9.17) is 0 Å². The highest BCUT2D eigenvalue weighted by molar-refractivity contribution is 7.90. The highest BCUT2D eigenvalue weighted by atomic mass is 32.2. The van der Waals surface area contributed by atoms with E-state index in [2.05, 4.69) is 9.71 Å². The van der Waals surface area contributed by atoms with Gasteiger partial charge in [-0.05, 0) is 55.5 Å². The lowest BCUT2D eigenvalue weighted by Crippen LogP contribution is -2.39. The third-order valence-electron chi connectivity index (χ3n) is 4.22. The van der Waals surface area contributed by atoms with E-state index in [1.807, 2.05) is 12.1 Å². The van der Waals surface area contributed by atoms with Gasteiger partial charge in [0, 0.05) is 11.6 Å². The van der Waals surface area contributed by atoms with Crippen LogP contribution in [0.15, 0.2) is 30.3 Å². The molecule has 0 aliphatic heterocycles. The summed E-state index contributed by atoms with van der Waals surface area (Å²) >= 11 is 0. The first-order valence-corrected chi connectivity index (χ1v) is 9.26. The summed E-state index contributed by atoms with van der Waals surface area (Å²) in [5, 5.41) is -0.490. The molecule has 0 spiro atoms. The second kappa shape index (κ2) is 6.22. The van der Waals surface area contributed by atoms with Gasteiger partial charge >= 0.3 is 0 Å². The van der Waals surface area contributed by atoms with Crippen LogP contribution in [0.1, 0.15) is 25.0 Å². The van der Waals surface area contributed by atoms with E-state index >= 15 is 0 Å². The first kappa shape index (κ1) is 17.0. The van der Waals surface area contributed by atoms with Gasteiger partial charge in [-0.15, -0.1) is 0 Å². The van der Waals surface area contributed by atoms with Crippen LogP contribution in [0.25, 0.3) is 11.1 Å². The van der Waals surface area contributed by atoms with Crippen LogP contribution in [0.5, 0.6) is 0 Å². The summed E-state index contributed by atoms with van der Waals surface area (Å²) in [6.07, 6.45) is 1.15. The molecule has 1 aliphatic carbocycles. The maximum absolute atomic E-state index is 13.8. The van der Waals surface area contributed by atoms with E-state index in [1.54, 1.807) is 19.9 Å². The van der Waals surface area contributed by atoms with Crippen molar-refractivity contribution in [3.05, 3.63) is 53.4 Å². The average Bonchev–Trinajstić information content (AvgIpc) is 2.87. The first-order chi connectivity index (χ1) is 11.3. The molecule has 2 aromatic rings. The van der Waals surface area contributed by atoms with Crippen LogP contribution in [-0.4, -0.2) is 24.7 Å². The number of nitrogens with one attached hydrogen (secondary N) is 1. The highest BCUT2D eigenvalue weighted by Crippen LogP contribution is 2.29. The SMILES string of the molecule is CC(C)S(=O)(=O)N[C@H]1Cc2ccc(-c3ccc(F)nc3F)cc2C1. The fraction of sp³-hybridized carbons (Fsp3) is 0.353. The molecule has 1 N–H and O–H groups in total. The van der Waals surface area contributed by atoms with Gasteiger partial charge in [0.05, 0.1) is 5.25 Å². The highest BCUT2D eigenvalue weighted by Gasteiger charge is 2.27. The molecule has 1 heterocycles. The number of hydrogen-bond acceptors (Lipinski definition) is 3. The Balaban J connectivity index is 1.84. The summed E-state index contributed by atoms with van der Waals surface area (Å²) in [7, 11) is -3.33. The van der Waals surface area contributed by atoms with Gasteiger partial charge in [-0.1, -0.05) is 18.2 Å². The van der Waals surface area contributed by atoms with Crippen LogP contribution in [0.4, 0.5) is 8.78 Å². The quantitative estimate of drug-likeness (QED) is 0.861. The van der Waals surface area contributed by atoms with Gasteiger partial charge in [-0.25, -0.2) is 13.1 Å². The van der Waals surface area contributed by atoms with E-state index < -0.39 is 27.2 Å². The Morgan fingerprint density at radius 3 is 2.50 bits per heavy atom. The Hall–Kier alpha value is -1.86. The normalized spacial score (nSPS) is 17.3. The third kappa shape index (κ3) is 3.32. The zero-order valence-corrected chi connectivity index (χ0v) is 14.2. The van der Waals surface area contributed by atoms with Crippen LogP contribution in [0, 0.1) is 11.9 Å². The van der Waals surface area contributed by atoms with E-state index in [1.165, 1.54) is 6.07 Å². The molecule has 1 aromatic carbocycles. The average molecular weight is 352 g/mol. The summed E-state index contributed by atoms with van der Waals surface area (Å²) in [6.45, 7) is 3.26. The van der Waals surface area contributed by atoms with Crippen LogP contribution in [0.2, 0.25) is 0 Å². The summed E-state index contributed by atoms with van der Waals surface area (Å²) in [5.74, 6) is -1.72. The molecule has 0 amide bonds. The van der Waals surface area contributed by atoms with Gasteiger partial charge in [0.1, 0.15) is 0 Å². The number of halogens is 2. The summed E-state index contributed by atoms with van der Waals surface area (Å²) in [5.41, 5.74) is 2.83. The van der Waals surface area contributed by atoms with Crippen molar-refractivity contribution in [2.24, 2.45) is 0 Å². The van der Waals surface area contributed by atoms with Gasteiger partial charge in [0.25, 0.3) is 0 Å². The number of pyridine rings is 1. The molecule has 0 saturated heterocycles. The minimum absolute atomic E-state index is 0.196. The van der Waals surface area contributed by atoms with Crippen LogP contribution >= 0.6 is 0 Å². The van der Waals surface area contributed by atoms with Crippen molar-refractivity contribution in [3.63, 3.8) is 0 Å². The smallest absolute Gasteiger partial charge is 0.212 e.